The third-order valence-corrected chi connectivity index (χ3v) is 3.04. The third-order valence-electron chi connectivity index (χ3n) is 3.04. The molecule has 5 heteroatoms. The lowest BCUT2D eigenvalue weighted by molar-refractivity contribution is -0.118. The van der Waals surface area contributed by atoms with Crippen LogP contribution in [0, 0.1) is 0 Å². The van der Waals surface area contributed by atoms with Gasteiger partial charge in [-0.05, 0) is 24.1 Å². The molecule has 0 aliphatic carbocycles. The van der Waals surface area contributed by atoms with Crippen LogP contribution in [0.3, 0.4) is 0 Å². The molecule has 5 nitrogen and oxygen atoms in total. The zero-order valence-electron chi connectivity index (χ0n) is 10.9. The van der Waals surface area contributed by atoms with Crippen molar-refractivity contribution in [2.75, 3.05) is 23.8 Å². The van der Waals surface area contributed by atoms with Crippen LogP contribution in [0.25, 0.3) is 0 Å². The average molecular weight is 269 g/mol. The lowest BCUT2D eigenvalue weighted by Crippen LogP contribution is -2.26. The second-order valence-electron chi connectivity index (χ2n) is 4.55. The monoisotopic (exact) mass is 269 g/mol. The highest BCUT2D eigenvalue weighted by Gasteiger charge is 2.17. The van der Waals surface area contributed by atoms with Crippen molar-refractivity contribution in [3.8, 4) is 5.88 Å². The average Bonchev–Trinajstić information content (AvgIpc) is 2.48. The molecule has 102 valence electrons. The largest absolute Gasteiger partial charge is 0.466 e. The first kappa shape index (κ1) is 12.5. The van der Waals surface area contributed by atoms with Crippen LogP contribution >= 0.6 is 0 Å². The Morgan fingerprint density at radius 3 is 2.90 bits per heavy atom. The molecule has 2 aromatic rings. The predicted octanol–water partition coefficient (Wildman–Crippen LogP) is 2.07. The molecule has 1 aromatic heterocycles. The molecule has 1 aliphatic heterocycles. The van der Waals surface area contributed by atoms with Gasteiger partial charge in [0.25, 0.3) is 5.91 Å². The van der Waals surface area contributed by atoms with Crippen LogP contribution < -0.4 is 15.4 Å². The fraction of sp³-hybridized carbons (Fsp3) is 0.200. The number of ether oxygens (including phenoxy) is 1. The summed E-state index contributed by atoms with van der Waals surface area (Å²) in [6.07, 6.45) is 0.928. The molecule has 0 unspecified atom stereocenters. The maximum absolute atomic E-state index is 11.2. The summed E-state index contributed by atoms with van der Waals surface area (Å²) in [6.45, 7) is 0.815. The SMILES string of the molecule is O=C1COc2nc(NCCc3ccccc3)ccc2N1. The maximum atomic E-state index is 11.2. The van der Waals surface area contributed by atoms with Gasteiger partial charge < -0.3 is 15.4 Å². The van der Waals surface area contributed by atoms with E-state index in [0.717, 1.165) is 18.8 Å². The van der Waals surface area contributed by atoms with Crippen molar-refractivity contribution in [1.82, 2.24) is 4.98 Å². The number of hydrogen-bond acceptors (Lipinski definition) is 4. The van der Waals surface area contributed by atoms with Crippen molar-refractivity contribution in [2.24, 2.45) is 0 Å². The summed E-state index contributed by atoms with van der Waals surface area (Å²) in [5.41, 5.74) is 1.90. The lowest BCUT2D eigenvalue weighted by Gasteiger charge is -2.17. The number of aromatic nitrogens is 1. The Labute approximate surface area is 117 Å². The van der Waals surface area contributed by atoms with Gasteiger partial charge in [-0.1, -0.05) is 30.3 Å². The molecule has 3 rings (SSSR count). The summed E-state index contributed by atoms with van der Waals surface area (Å²) in [7, 11) is 0. The molecule has 0 fully saturated rings. The second-order valence-corrected chi connectivity index (χ2v) is 4.55. The molecule has 1 amide bonds. The van der Waals surface area contributed by atoms with Gasteiger partial charge in [0.15, 0.2) is 6.61 Å². The van der Waals surface area contributed by atoms with Gasteiger partial charge in [0.05, 0.1) is 0 Å². The van der Waals surface area contributed by atoms with Crippen LogP contribution in [-0.2, 0) is 11.2 Å². The Balaban J connectivity index is 1.60. The lowest BCUT2D eigenvalue weighted by atomic mass is 10.1. The number of carbonyl (C=O) groups is 1. The first-order chi connectivity index (χ1) is 9.81. The number of amides is 1. The molecule has 1 aliphatic rings. The number of benzene rings is 1. The molecule has 2 N–H and O–H groups in total. The predicted molar refractivity (Wildman–Crippen MR) is 77.0 cm³/mol. The summed E-state index contributed by atoms with van der Waals surface area (Å²) in [6, 6.07) is 13.9. The summed E-state index contributed by atoms with van der Waals surface area (Å²) < 4.78 is 5.28. The number of nitrogens with zero attached hydrogens (tertiary/aromatic N) is 1. The van der Waals surface area contributed by atoms with E-state index in [2.05, 4.69) is 27.8 Å². The quantitative estimate of drug-likeness (QED) is 0.892. The van der Waals surface area contributed by atoms with Crippen molar-refractivity contribution in [1.29, 1.82) is 0 Å². The molecular formula is C15H15N3O2. The van der Waals surface area contributed by atoms with Crippen molar-refractivity contribution in [3.63, 3.8) is 0 Å². The molecular weight excluding hydrogens is 254 g/mol. The van der Waals surface area contributed by atoms with E-state index in [4.69, 9.17) is 4.74 Å². The number of anilines is 2. The minimum Gasteiger partial charge on any atom is -0.466 e. The van der Waals surface area contributed by atoms with Crippen LogP contribution in [-0.4, -0.2) is 24.0 Å². The van der Waals surface area contributed by atoms with E-state index < -0.39 is 0 Å². The van der Waals surface area contributed by atoms with E-state index in [9.17, 15) is 4.79 Å². The number of nitrogens with one attached hydrogen (secondary N) is 2. The Morgan fingerprint density at radius 2 is 2.05 bits per heavy atom. The van der Waals surface area contributed by atoms with E-state index in [1.807, 2.05) is 24.3 Å². The van der Waals surface area contributed by atoms with E-state index in [0.29, 0.717) is 11.6 Å². The highest BCUT2D eigenvalue weighted by Crippen LogP contribution is 2.26. The second kappa shape index (κ2) is 5.61. The van der Waals surface area contributed by atoms with Crippen molar-refractivity contribution in [2.45, 2.75) is 6.42 Å². The van der Waals surface area contributed by atoms with Gasteiger partial charge >= 0.3 is 0 Å². The fourth-order valence-electron chi connectivity index (χ4n) is 2.04. The highest BCUT2D eigenvalue weighted by molar-refractivity contribution is 5.94. The maximum Gasteiger partial charge on any atom is 0.262 e. The Morgan fingerprint density at radius 1 is 1.20 bits per heavy atom. The molecule has 0 spiro atoms. The molecule has 0 bridgehead atoms. The third kappa shape index (κ3) is 2.88. The Hall–Kier alpha value is -2.56. The van der Waals surface area contributed by atoms with Crippen molar-refractivity contribution < 1.29 is 9.53 Å². The Bertz CT molecular complexity index is 614. The summed E-state index contributed by atoms with van der Waals surface area (Å²) in [4.78, 5) is 15.5. The van der Waals surface area contributed by atoms with Crippen LogP contribution in [0.4, 0.5) is 11.5 Å². The van der Waals surface area contributed by atoms with Gasteiger partial charge in [-0.2, -0.15) is 4.98 Å². The van der Waals surface area contributed by atoms with E-state index in [1.165, 1.54) is 5.56 Å². The molecule has 1 aromatic carbocycles. The van der Waals surface area contributed by atoms with Crippen LogP contribution in [0.1, 0.15) is 5.56 Å². The van der Waals surface area contributed by atoms with Crippen LogP contribution in [0.2, 0.25) is 0 Å². The molecule has 0 atom stereocenters. The topological polar surface area (TPSA) is 63.2 Å². The number of carbonyl (C=O) groups excluding carboxylic acids is 1. The number of hydrogen-bond donors (Lipinski definition) is 2. The van der Waals surface area contributed by atoms with Crippen molar-refractivity contribution >= 4 is 17.4 Å². The minimum absolute atomic E-state index is 0.0213. The zero-order chi connectivity index (χ0) is 13.8. The summed E-state index contributed by atoms with van der Waals surface area (Å²) in [5.74, 6) is 1.06. The van der Waals surface area contributed by atoms with Gasteiger partial charge in [0.1, 0.15) is 11.5 Å². The van der Waals surface area contributed by atoms with Crippen LogP contribution in [0.15, 0.2) is 42.5 Å². The standard InChI is InChI=1S/C15H15N3O2/c19-14-10-20-15-12(17-14)6-7-13(18-15)16-9-8-11-4-2-1-3-5-11/h1-7H,8-10H2,(H,16,18)(H,17,19). The zero-order valence-corrected chi connectivity index (χ0v) is 10.9. The van der Waals surface area contributed by atoms with E-state index in [-0.39, 0.29) is 12.5 Å². The summed E-state index contributed by atoms with van der Waals surface area (Å²) in [5, 5.41) is 5.97. The van der Waals surface area contributed by atoms with Crippen molar-refractivity contribution in [3.05, 3.63) is 48.0 Å². The van der Waals surface area contributed by atoms with Crippen LogP contribution in [0.5, 0.6) is 5.88 Å². The van der Waals surface area contributed by atoms with E-state index in [1.54, 1.807) is 6.07 Å². The van der Waals surface area contributed by atoms with Gasteiger partial charge in [-0.25, -0.2) is 0 Å². The molecule has 0 radical (unpaired) electrons. The molecule has 20 heavy (non-hydrogen) atoms. The highest BCUT2D eigenvalue weighted by atomic mass is 16.5. The van der Waals surface area contributed by atoms with Gasteiger partial charge in [0.2, 0.25) is 5.88 Å². The fourth-order valence-corrected chi connectivity index (χ4v) is 2.04. The number of rotatable bonds is 4. The first-order valence-corrected chi connectivity index (χ1v) is 6.53. The number of pyridine rings is 1. The molecule has 2 heterocycles. The van der Waals surface area contributed by atoms with Gasteiger partial charge in [0, 0.05) is 6.54 Å². The molecule has 0 saturated carbocycles. The van der Waals surface area contributed by atoms with Gasteiger partial charge in [-0.15, -0.1) is 0 Å². The normalized spacial score (nSPS) is 13.1. The van der Waals surface area contributed by atoms with E-state index >= 15 is 0 Å². The first-order valence-electron chi connectivity index (χ1n) is 6.53. The Kier molecular flexibility index (Phi) is 3.50. The smallest absolute Gasteiger partial charge is 0.262 e. The molecule has 0 saturated heterocycles. The van der Waals surface area contributed by atoms with Gasteiger partial charge in [-0.3, -0.25) is 4.79 Å². The number of fused-ring (bicyclic) bond motifs is 1. The summed E-state index contributed by atoms with van der Waals surface area (Å²) >= 11 is 0. The minimum atomic E-state index is -0.149.